The molecule has 116 valence electrons. The Labute approximate surface area is 126 Å². The first-order valence-corrected chi connectivity index (χ1v) is 7.47. The van der Waals surface area contributed by atoms with Crippen molar-refractivity contribution < 1.29 is 13.9 Å². The Morgan fingerprint density at radius 1 is 1.19 bits per heavy atom. The molecule has 0 aliphatic heterocycles. The van der Waals surface area contributed by atoms with Gasteiger partial charge in [-0.15, -0.1) is 0 Å². The van der Waals surface area contributed by atoms with Crippen molar-refractivity contribution in [1.82, 2.24) is 5.32 Å². The zero-order chi connectivity index (χ0) is 15.4. The van der Waals surface area contributed by atoms with Gasteiger partial charge < -0.3 is 19.2 Å². The molecule has 1 N–H and O–H groups in total. The number of methoxy groups -OCH3 is 2. The zero-order valence-corrected chi connectivity index (χ0v) is 13.6. The number of nitrogens with one attached hydrogen (secondary N) is 1. The van der Waals surface area contributed by atoms with Crippen LogP contribution in [0.3, 0.4) is 0 Å². The summed E-state index contributed by atoms with van der Waals surface area (Å²) in [5.74, 6) is 3.16. The number of hydrogen-bond acceptors (Lipinski definition) is 4. The van der Waals surface area contributed by atoms with Crippen molar-refractivity contribution in [2.45, 2.75) is 33.7 Å². The minimum absolute atomic E-state index is 0.620. The zero-order valence-electron chi connectivity index (χ0n) is 13.6. The Hall–Kier alpha value is -1.68. The van der Waals surface area contributed by atoms with Gasteiger partial charge in [0.2, 0.25) is 0 Å². The number of aryl methyl sites for hydroxylation is 1. The number of benzene rings is 1. The van der Waals surface area contributed by atoms with Crippen LogP contribution in [0, 0.1) is 5.92 Å². The first kappa shape index (κ1) is 15.7. The number of hydrogen-bond donors (Lipinski definition) is 1. The second kappa shape index (κ2) is 6.85. The number of ether oxygens (including phenoxy) is 2. The lowest BCUT2D eigenvalue weighted by atomic mass is 10.1. The molecule has 1 aromatic heterocycles. The SMILES string of the molecule is CCc1c(CNCC(C)C)oc2cc(OC)cc(OC)c12. The van der Waals surface area contributed by atoms with E-state index in [1.165, 1.54) is 5.56 Å². The van der Waals surface area contributed by atoms with Crippen LogP contribution in [0.15, 0.2) is 16.5 Å². The molecule has 0 saturated carbocycles. The first-order valence-electron chi connectivity index (χ1n) is 7.47. The highest BCUT2D eigenvalue weighted by atomic mass is 16.5. The molecular formula is C17H25NO3. The maximum absolute atomic E-state index is 6.03. The minimum Gasteiger partial charge on any atom is -0.496 e. The molecule has 0 atom stereocenters. The summed E-state index contributed by atoms with van der Waals surface area (Å²) in [7, 11) is 3.33. The predicted molar refractivity (Wildman–Crippen MR) is 85.2 cm³/mol. The van der Waals surface area contributed by atoms with E-state index in [4.69, 9.17) is 13.9 Å². The van der Waals surface area contributed by atoms with E-state index in [1.54, 1.807) is 14.2 Å². The van der Waals surface area contributed by atoms with Crippen molar-refractivity contribution in [3.63, 3.8) is 0 Å². The van der Waals surface area contributed by atoms with E-state index < -0.39 is 0 Å². The molecule has 0 saturated heterocycles. The van der Waals surface area contributed by atoms with Gasteiger partial charge >= 0.3 is 0 Å². The van der Waals surface area contributed by atoms with Crippen LogP contribution in [0.25, 0.3) is 11.0 Å². The summed E-state index contributed by atoms with van der Waals surface area (Å²) in [5, 5.41) is 4.49. The van der Waals surface area contributed by atoms with Gasteiger partial charge in [0, 0.05) is 17.7 Å². The molecule has 4 nitrogen and oxygen atoms in total. The van der Waals surface area contributed by atoms with Crippen LogP contribution < -0.4 is 14.8 Å². The normalized spacial score (nSPS) is 11.3. The quantitative estimate of drug-likeness (QED) is 0.843. The average Bonchev–Trinajstić information content (AvgIpc) is 2.83. The van der Waals surface area contributed by atoms with Gasteiger partial charge in [-0.1, -0.05) is 20.8 Å². The lowest BCUT2D eigenvalue weighted by molar-refractivity contribution is 0.396. The van der Waals surface area contributed by atoms with Crippen LogP contribution in [0.2, 0.25) is 0 Å². The molecule has 21 heavy (non-hydrogen) atoms. The molecule has 1 aromatic carbocycles. The summed E-state index contributed by atoms with van der Waals surface area (Å²) in [5.41, 5.74) is 2.03. The molecule has 2 aromatic rings. The topological polar surface area (TPSA) is 43.6 Å². The van der Waals surface area contributed by atoms with Gasteiger partial charge in [-0.2, -0.15) is 0 Å². The summed E-state index contributed by atoms with van der Waals surface area (Å²) < 4.78 is 16.8. The van der Waals surface area contributed by atoms with Gasteiger partial charge in [-0.3, -0.25) is 0 Å². The highest BCUT2D eigenvalue weighted by Gasteiger charge is 2.18. The molecule has 0 spiro atoms. The fourth-order valence-corrected chi connectivity index (χ4v) is 2.55. The highest BCUT2D eigenvalue weighted by Crippen LogP contribution is 2.37. The fraction of sp³-hybridized carbons (Fsp3) is 0.529. The van der Waals surface area contributed by atoms with E-state index in [0.29, 0.717) is 5.92 Å². The predicted octanol–water partition coefficient (Wildman–Crippen LogP) is 3.76. The van der Waals surface area contributed by atoms with E-state index in [9.17, 15) is 0 Å². The highest BCUT2D eigenvalue weighted by molar-refractivity contribution is 5.90. The number of rotatable bonds is 7. The summed E-state index contributed by atoms with van der Waals surface area (Å²) >= 11 is 0. The van der Waals surface area contributed by atoms with Gasteiger partial charge in [0.1, 0.15) is 22.8 Å². The molecule has 0 bridgehead atoms. The standard InChI is InChI=1S/C17H25NO3/c1-6-13-16(10-18-9-11(2)3)21-15-8-12(19-4)7-14(20-5)17(13)15/h7-8,11,18H,6,9-10H2,1-5H3. The molecule has 0 amide bonds. The van der Waals surface area contributed by atoms with Gasteiger partial charge in [-0.05, 0) is 18.9 Å². The lowest BCUT2D eigenvalue weighted by Gasteiger charge is -2.07. The van der Waals surface area contributed by atoms with Crippen molar-refractivity contribution in [3.05, 3.63) is 23.5 Å². The largest absolute Gasteiger partial charge is 0.496 e. The molecule has 0 radical (unpaired) electrons. The summed E-state index contributed by atoms with van der Waals surface area (Å²) in [6.45, 7) is 8.24. The Bertz CT molecular complexity index is 602. The molecule has 0 fully saturated rings. The van der Waals surface area contributed by atoms with Crippen LogP contribution in [0.4, 0.5) is 0 Å². The number of furan rings is 1. The minimum atomic E-state index is 0.620. The Kier molecular flexibility index (Phi) is 5.12. The maximum Gasteiger partial charge on any atom is 0.142 e. The van der Waals surface area contributed by atoms with Crippen LogP contribution in [-0.4, -0.2) is 20.8 Å². The Balaban J connectivity index is 2.42. The molecular weight excluding hydrogens is 266 g/mol. The summed E-state index contributed by atoms with van der Waals surface area (Å²) in [6.07, 6.45) is 0.911. The van der Waals surface area contributed by atoms with Crippen LogP contribution in [0.1, 0.15) is 32.1 Å². The van der Waals surface area contributed by atoms with Gasteiger partial charge in [0.05, 0.1) is 26.2 Å². The summed E-state index contributed by atoms with van der Waals surface area (Å²) in [6, 6.07) is 3.82. The van der Waals surface area contributed by atoms with Gasteiger partial charge in [0.15, 0.2) is 0 Å². The van der Waals surface area contributed by atoms with E-state index in [0.717, 1.165) is 47.7 Å². The van der Waals surface area contributed by atoms with Crippen molar-refractivity contribution in [2.75, 3.05) is 20.8 Å². The molecule has 0 unspecified atom stereocenters. The second-order valence-electron chi connectivity index (χ2n) is 5.58. The molecule has 0 aliphatic rings. The van der Waals surface area contributed by atoms with Crippen LogP contribution in [-0.2, 0) is 13.0 Å². The summed E-state index contributed by atoms with van der Waals surface area (Å²) in [4.78, 5) is 0. The van der Waals surface area contributed by atoms with E-state index in [-0.39, 0.29) is 0 Å². The molecule has 2 rings (SSSR count). The molecule has 1 heterocycles. The van der Waals surface area contributed by atoms with Crippen LogP contribution in [0.5, 0.6) is 11.5 Å². The van der Waals surface area contributed by atoms with E-state index in [2.05, 4.69) is 26.1 Å². The Morgan fingerprint density at radius 2 is 1.95 bits per heavy atom. The monoisotopic (exact) mass is 291 g/mol. The van der Waals surface area contributed by atoms with E-state index in [1.807, 2.05) is 12.1 Å². The van der Waals surface area contributed by atoms with Crippen molar-refractivity contribution >= 4 is 11.0 Å². The van der Waals surface area contributed by atoms with Crippen LogP contribution >= 0.6 is 0 Å². The van der Waals surface area contributed by atoms with Gasteiger partial charge in [-0.25, -0.2) is 0 Å². The fourth-order valence-electron chi connectivity index (χ4n) is 2.55. The molecule has 0 aliphatic carbocycles. The third kappa shape index (κ3) is 3.32. The second-order valence-corrected chi connectivity index (χ2v) is 5.58. The van der Waals surface area contributed by atoms with Gasteiger partial charge in [0.25, 0.3) is 0 Å². The smallest absolute Gasteiger partial charge is 0.142 e. The molecule has 4 heteroatoms. The lowest BCUT2D eigenvalue weighted by Crippen LogP contribution is -2.19. The third-order valence-corrected chi connectivity index (χ3v) is 3.56. The maximum atomic E-state index is 6.03. The van der Waals surface area contributed by atoms with Crippen molar-refractivity contribution in [2.24, 2.45) is 5.92 Å². The first-order chi connectivity index (χ1) is 10.1. The number of fused-ring (bicyclic) bond motifs is 1. The third-order valence-electron chi connectivity index (χ3n) is 3.56. The van der Waals surface area contributed by atoms with Crippen molar-refractivity contribution in [1.29, 1.82) is 0 Å². The van der Waals surface area contributed by atoms with E-state index >= 15 is 0 Å². The Morgan fingerprint density at radius 3 is 2.52 bits per heavy atom. The average molecular weight is 291 g/mol. The van der Waals surface area contributed by atoms with Crippen molar-refractivity contribution in [3.8, 4) is 11.5 Å².